The number of hydrogen-bond acceptors (Lipinski definition) is 3. The third kappa shape index (κ3) is 3.18. The Morgan fingerprint density at radius 2 is 2.00 bits per heavy atom. The van der Waals surface area contributed by atoms with Gasteiger partial charge in [-0.05, 0) is 24.2 Å². The third-order valence-corrected chi connectivity index (χ3v) is 5.05. The summed E-state index contributed by atoms with van der Waals surface area (Å²) in [5, 5.41) is 0. The number of sulfonamides is 1. The topological polar surface area (TPSA) is 72.2 Å². The molecule has 1 fully saturated rings. The molecule has 0 aliphatic heterocycles. The molecule has 0 aromatic heterocycles. The largest absolute Gasteiger partial charge is 0.327 e. The highest BCUT2D eigenvalue weighted by Gasteiger charge is 2.47. The van der Waals surface area contributed by atoms with E-state index in [2.05, 4.69) is 4.72 Å². The van der Waals surface area contributed by atoms with Crippen LogP contribution in [0.5, 0.6) is 0 Å². The standard InChI is InChI=1S/C11H24N2O2S/c1-8(2)5-6-16(14,15)13-10-7-9(12)11(10,3)4/h8-10,13H,5-7,12H2,1-4H3. The van der Waals surface area contributed by atoms with Crippen molar-refractivity contribution in [3.05, 3.63) is 0 Å². The van der Waals surface area contributed by atoms with Crippen molar-refractivity contribution in [1.82, 2.24) is 4.72 Å². The second kappa shape index (κ2) is 4.63. The summed E-state index contributed by atoms with van der Waals surface area (Å²) >= 11 is 0. The van der Waals surface area contributed by atoms with E-state index in [0.29, 0.717) is 12.3 Å². The minimum atomic E-state index is -3.14. The maximum absolute atomic E-state index is 11.8. The maximum atomic E-state index is 11.8. The zero-order valence-electron chi connectivity index (χ0n) is 10.7. The Morgan fingerprint density at radius 1 is 1.44 bits per heavy atom. The van der Waals surface area contributed by atoms with Gasteiger partial charge in [-0.3, -0.25) is 0 Å². The van der Waals surface area contributed by atoms with Crippen molar-refractivity contribution in [2.75, 3.05) is 5.75 Å². The lowest BCUT2D eigenvalue weighted by Gasteiger charge is -2.50. The van der Waals surface area contributed by atoms with E-state index < -0.39 is 10.0 Å². The molecule has 2 unspecified atom stereocenters. The molecule has 0 aromatic carbocycles. The third-order valence-electron chi connectivity index (χ3n) is 3.63. The zero-order chi connectivity index (χ0) is 12.6. The van der Waals surface area contributed by atoms with E-state index in [1.165, 1.54) is 0 Å². The second-order valence-electron chi connectivity index (χ2n) is 5.84. The van der Waals surface area contributed by atoms with Gasteiger partial charge in [0.25, 0.3) is 0 Å². The van der Waals surface area contributed by atoms with Crippen LogP contribution >= 0.6 is 0 Å². The van der Waals surface area contributed by atoms with Crippen LogP contribution < -0.4 is 10.5 Å². The van der Waals surface area contributed by atoms with Gasteiger partial charge in [-0.2, -0.15) is 0 Å². The van der Waals surface area contributed by atoms with Gasteiger partial charge in [-0.1, -0.05) is 27.7 Å². The Bertz CT molecular complexity index is 336. The molecule has 1 aliphatic rings. The normalized spacial score (nSPS) is 29.1. The summed E-state index contributed by atoms with van der Waals surface area (Å²) in [6.45, 7) is 8.07. The van der Waals surface area contributed by atoms with Gasteiger partial charge < -0.3 is 5.73 Å². The van der Waals surface area contributed by atoms with E-state index >= 15 is 0 Å². The average Bonchev–Trinajstić information content (AvgIpc) is 2.14. The van der Waals surface area contributed by atoms with E-state index in [1.807, 2.05) is 27.7 Å². The fraction of sp³-hybridized carbons (Fsp3) is 1.00. The summed E-state index contributed by atoms with van der Waals surface area (Å²) in [7, 11) is -3.14. The van der Waals surface area contributed by atoms with E-state index in [-0.39, 0.29) is 23.3 Å². The first-order valence-corrected chi connectivity index (χ1v) is 7.56. The highest BCUT2D eigenvalue weighted by molar-refractivity contribution is 7.89. The predicted octanol–water partition coefficient (Wildman–Crippen LogP) is 1.08. The van der Waals surface area contributed by atoms with Crippen LogP contribution in [0.3, 0.4) is 0 Å². The monoisotopic (exact) mass is 248 g/mol. The Morgan fingerprint density at radius 3 is 2.38 bits per heavy atom. The molecular weight excluding hydrogens is 224 g/mol. The van der Waals surface area contributed by atoms with Crippen LogP contribution in [0.2, 0.25) is 0 Å². The molecule has 0 amide bonds. The van der Waals surface area contributed by atoms with Gasteiger partial charge in [0.1, 0.15) is 0 Å². The van der Waals surface area contributed by atoms with Crippen LogP contribution in [-0.4, -0.2) is 26.3 Å². The highest BCUT2D eigenvalue weighted by atomic mass is 32.2. The Labute approximate surface area is 99.0 Å². The Hall–Kier alpha value is -0.130. The lowest BCUT2D eigenvalue weighted by atomic mass is 9.64. The molecule has 4 nitrogen and oxygen atoms in total. The second-order valence-corrected chi connectivity index (χ2v) is 7.71. The molecule has 16 heavy (non-hydrogen) atoms. The number of nitrogens with two attached hydrogens (primary N) is 1. The smallest absolute Gasteiger partial charge is 0.211 e. The zero-order valence-corrected chi connectivity index (χ0v) is 11.5. The summed E-state index contributed by atoms with van der Waals surface area (Å²) in [5.74, 6) is 0.625. The molecule has 0 spiro atoms. The fourth-order valence-corrected chi connectivity index (χ4v) is 3.56. The SMILES string of the molecule is CC(C)CCS(=O)(=O)NC1CC(N)C1(C)C. The van der Waals surface area contributed by atoms with E-state index in [4.69, 9.17) is 5.73 Å². The molecule has 0 aromatic rings. The molecule has 0 radical (unpaired) electrons. The molecule has 1 saturated carbocycles. The molecule has 0 bridgehead atoms. The first-order chi connectivity index (χ1) is 7.15. The molecular formula is C11H24N2O2S. The lowest BCUT2D eigenvalue weighted by Crippen LogP contribution is -2.64. The minimum absolute atomic E-state index is 0.000313. The molecule has 0 heterocycles. The lowest BCUT2D eigenvalue weighted by molar-refractivity contribution is 0.0903. The van der Waals surface area contributed by atoms with Crippen LogP contribution in [0.1, 0.15) is 40.5 Å². The van der Waals surface area contributed by atoms with Crippen molar-refractivity contribution in [3.8, 4) is 0 Å². The van der Waals surface area contributed by atoms with Crippen LogP contribution in [0, 0.1) is 11.3 Å². The van der Waals surface area contributed by atoms with Gasteiger partial charge >= 0.3 is 0 Å². The van der Waals surface area contributed by atoms with Gasteiger partial charge in [0.15, 0.2) is 0 Å². The van der Waals surface area contributed by atoms with Gasteiger partial charge in [-0.15, -0.1) is 0 Å². The molecule has 1 aliphatic carbocycles. The molecule has 1 rings (SSSR count). The predicted molar refractivity (Wildman–Crippen MR) is 66.5 cm³/mol. The van der Waals surface area contributed by atoms with Gasteiger partial charge in [0, 0.05) is 12.1 Å². The summed E-state index contributed by atoms with van der Waals surface area (Å²) in [6.07, 6.45) is 1.45. The van der Waals surface area contributed by atoms with Crippen molar-refractivity contribution >= 4 is 10.0 Å². The van der Waals surface area contributed by atoms with Gasteiger partial charge in [0.2, 0.25) is 10.0 Å². The highest BCUT2D eigenvalue weighted by Crippen LogP contribution is 2.39. The molecule has 3 N–H and O–H groups in total. The van der Waals surface area contributed by atoms with E-state index in [1.54, 1.807) is 0 Å². The first-order valence-electron chi connectivity index (χ1n) is 5.90. The Balaban J connectivity index is 2.49. The first kappa shape index (κ1) is 13.9. The van der Waals surface area contributed by atoms with Crippen LogP contribution in [0.4, 0.5) is 0 Å². The molecule has 96 valence electrons. The summed E-state index contributed by atoms with van der Waals surface area (Å²) in [6, 6.07) is 0.102. The van der Waals surface area contributed by atoms with Crippen molar-refractivity contribution in [2.45, 2.75) is 52.6 Å². The van der Waals surface area contributed by atoms with Crippen molar-refractivity contribution < 1.29 is 8.42 Å². The van der Waals surface area contributed by atoms with Crippen LogP contribution in [0.15, 0.2) is 0 Å². The number of rotatable bonds is 5. The van der Waals surface area contributed by atoms with Gasteiger partial charge in [-0.25, -0.2) is 13.1 Å². The molecule has 5 heteroatoms. The van der Waals surface area contributed by atoms with Crippen molar-refractivity contribution in [2.24, 2.45) is 17.1 Å². The number of nitrogens with one attached hydrogen (secondary N) is 1. The van der Waals surface area contributed by atoms with Gasteiger partial charge in [0.05, 0.1) is 5.75 Å². The van der Waals surface area contributed by atoms with Crippen LogP contribution in [0.25, 0.3) is 0 Å². The number of hydrogen-bond donors (Lipinski definition) is 2. The van der Waals surface area contributed by atoms with Crippen molar-refractivity contribution in [3.63, 3.8) is 0 Å². The summed E-state index contributed by atoms with van der Waals surface area (Å²) < 4.78 is 26.3. The quantitative estimate of drug-likeness (QED) is 0.764. The van der Waals surface area contributed by atoms with E-state index in [0.717, 1.165) is 6.42 Å². The minimum Gasteiger partial charge on any atom is -0.327 e. The van der Waals surface area contributed by atoms with Crippen molar-refractivity contribution in [1.29, 1.82) is 0 Å². The van der Waals surface area contributed by atoms with E-state index in [9.17, 15) is 8.42 Å². The summed E-state index contributed by atoms with van der Waals surface area (Å²) in [5.41, 5.74) is 5.73. The van der Waals surface area contributed by atoms with Crippen LogP contribution in [-0.2, 0) is 10.0 Å². The fourth-order valence-electron chi connectivity index (χ4n) is 1.83. The maximum Gasteiger partial charge on any atom is 0.211 e. The molecule has 2 atom stereocenters. The molecule has 0 saturated heterocycles. The summed E-state index contributed by atoms with van der Waals surface area (Å²) in [4.78, 5) is 0. The Kier molecular flexibility index (Phi) is 4.03. The average molecular weight is 248 g/mol.